The zero-order chi connectivity index (χ0) is 11.5. The zero-order valence-corrected chi connectivity index (χ0v) is 10.1. The van der Waals surface area contributed by atoms with Crippen LogP contribution in [0.4, 0.5) is 0 Å². The van der Waals surface area contributed by atoms with Crippen LogP contribution in [0.1, 0.15) is 5.69 Å². The number of thioether (sulfide) groups is 1. The minimum Gasteiger partial charge on any atom is -0.362 e. The number of aromatic amines is 1. The Bertz CT molecular complexity index is 462. The van der Waals surface area contributed by atoms with Crippen LogP contribution in [0.15, 0.2) is 35.9 Å². The van der Waals surface area contributed by atoms with Gasteiger partial charge in [0.05, 0.1) is 4.91 Å². The lowest BCUT2D eigenvalue weighted by atomic mass is 10.3. The van der Waals surface area contributed by atoms with Crippen molar-refractivity contribution < 1.29 is 4.79 Å². The molecule has 0 radical (unpaired) electrons. The Kier molecular flexibility index (Phi) is 3.26. The fourth-order valence-corrected chi connectivity index (χ4v) is 2.63. The fourth-order valence-electron chi connectivity index (χ4n) is 1.36. The molecule has 0 bridgehead atoms. The summed E-state index contributed by atoms with van der Waals surface area (Å²) >= 11 is 6.45. The normalized spacial score (nSPS) is 18.5. The van der Waals surface area contributed by atoms with Gasteiger partial charge in [-0.2, -0.15) is 0 Å². The summed E-state index contributed by atoms with van der Waals surface area (Å²) in [5.74, 6) is -0.0514. The number of thiocarbonyl (C=S) groups is 1. The van der Waals surface area contributed by atoms with Crippen molar-refractivity contribution in [3.05, 3.63) is 41.6 Å². The van der Waals surface area contributed by atoms with Gasteiger partial charge in [-0.25, -0.2) is 0 Å². The number of carbonyl (C=O) groups excluding carboxylic acids is 1. The summed E-state index contributed by atoms with van der Waals surface area (Å²) in [6, 6.07) is 3.79. The molecule has 82 valence electrons. The molecule has 1 saturated heterocycles. The van der Waals surface area contributed by atoms with E-state index in [0.29, 0.717) is 15.8 Å². The Balaban J connectivity index is 2.23. The lowest BCUT2D eigenvalue weighted by Gasteiger charge is -2.10. The van der Waals surface area contributed by atoms with E-state index in [9.17, 15) is 4.79 Å². The van der Waals surface area contributed by atoms with Crippen LogP contribution < -0.4 is 0 Å². The molecule has 3 nitrogen and oxygen atoms in total. The predicted molar refractivity (Wildman–Crippen MR) is 70.9 cm³/mol. The summed E-state index contributed by atoms with van der Waals surface area (Å²) in [5.41, 5.74) is 0.902. The van der Waals surface area contributed by atoms with Crippen molar-refractivity contribution in [2.24, 2.45) is 0 Å². The Morgan fingerprint density at radius 1 is 1.62 bits per heavy atom. The Morgan fingerprint density at radius 2 is 2.44 bits per heavy atom. The molecule has 1 amide bonds. The third-order valence-corrected chi connectivity index (χ3v) is 3.47. The van der Waals surface area contributed by atoms with Gasteiger partial charge in [0, 0.05) is 18.4 Å². The summed E-state index contributed by atoms with van der Waals surface area (Å²) < 4.78 is 0.586. The van der Waals surface area contributed by atoms with Gasteiger partial charge in [0.25, 0.3) is 5.91 Å². The van der Waals surface area contributed by atoms with Crippen molar-refractivity contribution in [1.82, 2.24) is 9.88 Å². The number of hydrogen-bond donors (Lipinski definition) is 1. The SMILES string of the molecule is C=CCN1C(=O)/C(=C\c2ccc[nH]2)SC1=S. The lowest BCUT2D eigenvalue weighted by molar-refractivity contribution is -0.121. The maximum atomic E-state index is 11.9. The van der Waals surface area contributed by atoms with E-state index in [2.05, 4.69) is 11.6 Å². The summed E-state index contributed by atoms with van der Waals surface area (Å²) in [4.78, 5) is 17.1. The number of H-pyrrole nitrogens is 1. The van der Waals surface area contributed by atoms with Gasteiger partial charge in [-0.1, -0.05) is 30.1 Å². The molecule has 1 fully saturated rings. The number of rotatable bonds is 3. The summed E-state index contributed by atoms with van der Waals surface area (Å²) in [6.45, 7) is 4.07. The second-order valence-corrected chi connectivity index (χ2v) is 4.88. The van der Waals surface area contributed by atoms with Crippen molar-refractivity contribution in [2.45, 2.75) is 0 Å². The second kappa shape index (κ2) is 4.67. The lowest BCUT2D eigenvalue weighted by Crippen LogP contribution is -2.27. The van der Waals surface area contributed by atoms with Crippen molar-refractivity contribution in [3.8, 4) is 0 Å². The molecule has 0 atom stereocenters. The van der Waals surface area contributed by atoms with E-state index in [1.165, 1.54) is 11.8 Å². The first-order chi connectivity index (χ1) is 7.72. The van der Waals surface area contributed by atoms with Gasteiger partial charge in [0.15, 0.2) is 0 Å². The minimum atomic E-state index is -0.0514. The summed E-state index contributed by atoms with van der Waals surface area (Å²) in [5, 5.41) is 0. The topological polar surface area (TPSA) is 36.1 Å². The molecule has 1 aliphatic heterocycles. The molecule has 1 N–H and O–H groups in total. The molecular weight excluding hydrogens is 240 g/mol. The predicted octanol–water partition coefficient (Wildman–Crippen LogP) is 2.40. The summed E-state index contributed by atoms with van der Waals surface area (Å²) in [6.07, 6.45) is 5.29. The van der Waals surface area contributed by atoms with Crippen LogP contribution in [-0.4, -0.2) is 26.7 Å². The summed E-state index contributed by atoms with van der Waals surface area (Å²) in [7, 11) is 0. The molecule has 5 heteroatoms. The molecular formula is C11H10N2OS2. The van der Waals surface area contributed by atoms with Crippen molar-refractivity contribution in [1.29, 1.82) is 0 Å². The quantitative estimate of drug-likeness (QED) is 0.508. The molecule has 0 spiro atoms. The fraction of sp³-hybridized carbons (Fsp3) is 0.0909. The highest BCUT2D eigenvalue weighted by Crippen LogP contribution is 2.31. The van der Waals surface area contributed by atoms with E-state index in [1.54, 1.807) is 11.0 Å². The van der Waals surface area contributed by atoms with E-state index in [-0.39, 0.29) is 5.91 Å². The van der Waals surface area contributed by atoms with Gasteiger partial charge >= 0.3 is 0 Å². The highest BCUT2D eigenvalue weighted by Gasteiger charge is 2.30. The van der Waals surface area contributed by atoms with Crippen LogP contribution >= 0.6 is 24.0 Å². The maximum Gasteiger partial charge on any atom is 0.266 e. The van der Waals surface area contributed by atoms with Crippen LogP contribution in [0.25, 0.3) is 6.08 Å². The van der Waals surface area contributed by atoms with E-state index < -0.39 is 0 Å². The molecule has 0 unspecified atom stereocenters. The van der Waals surface area contributed by atoms with Crippen LogP contribution in [0.5, 0.6) is 0 Å². The van der Waals surface area contributed by atoms with Gasteiger partial charge in [-0.15, -0.1) is 6.58 Å². The first-order valence-electron chi connectivity index (χ1n) is 4.72. The average Bonchev–Trinajstić information content (AvgIpc) is 2.84. The van der Waals surface area contributed by atoms with E-state index in [1.807, 2.05) is 24.4 Å². The highest BCUT2D eigenvalue weighted by molar-refractivity contribution is 8.26. The Morgan fingerprint density at radius 3 is 3.06 bits per heavy atom. The third-order valence-electron chi connectivity index (χ3n) is 2.09. The molecule has 2 rings (SSSR count). The first kappa shape index (κ1) is 11.2. The number of amides is 1. The largest absolute Gasteiger partial charge is 0.362 e. The molecule has 1 aliphatic rings. The highest BCUT2D eigenvalue weighted by atomic mass is 32.2. The van der Waals surface area contributed by atoms with Crippen LogP contribution in [0, 0.1) is 0 Å². The molecule has 0 aromatic carbocycles. The molecule has 0 aliphatic carbocycles. The molecule has 2 heterocycles. The smallest absolute Gasteiger partial charge is 0.266 e. The molecule has 1 aromatic rings. The van der Waals surface area contributed by atoms with Crippen LogP contribution in [-0.2, 0) is 4.79 Å². The number of hydrogen-bond acceptors (Lipinski definition) is 3. The van der Waals surface area contributed by atoms with Gasteiger partial charge in [0.2, 0.25) is 0 Å². The number of nitrogens with zero attached hydrogens (tertiary/aromatic N) is 1. The minimum absolute atomic E-state index is 0.0514. The van der Waals surface area contributed by atoms with Gasteiger partial charge in [0.1, 0.15) is 4.32 Å². The third kappa shape index (κ3) is 2.10. The monoisotopic (exact) mass is 250 g/mol. The van der Waals surface area contributed by atoms with E-state index in [0.717, 1.165) is 5.69 Å². The van der Waals surface area contributed by atoms with E-state index in [4.69, 9.17) is 12.2 Å². The van der Waals surface area contributed by atoms with Crippen molar-refractivity contribution in [2.75, 3.05) is 6.54 Å². The molecule has 16 heavy (non-hydrogen) atoms. The number of aromatic nitrogens is 1. The zero-order valence-electron chi connectivity index (χ0n) is 8.47. The van der Waals surface area contributed by atoms with Crippen LogP contribution in [0.2, 0.25) is 0 Å². The maximum absolute atomic E-state index is 11.9. The Labute approximate surface area is 103 Å². The second-order valence-electron chi connectivity index (χ2n) is 3.21. The molecule has 1 aromatic heterocycles. The van der Waals surface area contributed by atoms with Gasteiger partial charge in [-0.3, -0.25) is 9.69 Å². The first-order valence-corrected chi connectivity index (χ1v) is 5.94. The average molecular weight is 250 g/mol. The van der Waals surface area contributed by atoms with Gasteiger partial charge < -0.3 is 4.98 Å². The number of carbonyl (C=O) groups is 1. The van der Waals surface area contributed by atoms with Gasteiger partial charge in [-0.05, 0) is 18.2 Å². The number of nitrogens with one attached hydrogen (secondary N) is 1. The molecule has 0 saturated carbocycles. The van der Waals surface area contributed by atoms with Crippen LogP contribution in [0.3, 0.4) is 0 Å². The van der Waals surface area contributed by atoms with Crippen molar-refractivity contribution in [3.63, 3.8) is 0 Å². The standard InChI is InChI=1S/C11H10N2OS2/c1-2-6-13-10(14)9(16-11(13)15)7-8-4-3-5-12-8/h2-5,7,12H,1,6H2/b9-7+. The van der Waals surface area contributed by atoms with E-state index >= 15 is 0 Å². The Hall–Kier alpha value is -1.33. The van der Waals surface area contributed by atoms with Crippen molar-refractivity contribution >= 4 is 40.3 Å².